The zero-order valence-electron chi connectivity index (χ0n) is 13.0. The van der Waals surface area contributed by atoms with E-state index < -0.39 is 8.32 Å². The van der Waals surface area contributed by atoms with Crippen molar-refractivity contribution in [2.45, 2.75) is 76.4 Å². The summed E-state index contributed by atoms with van der Waals surface area (Å²) in [7, 11) is -0.171. The Bertz CT molecular complexity index is 348. The number of methoxy groups -OCH3 is 1. The molecule has 3 atom stereocenters. The summed E-state index contributed by atoms with van der Waals surface area (Å²) in [6, 6.07) is -0.0992. The highest BCUT2D eigenvalue weighted by atomic mass is 28.4. The summed E-state index contributed by atoms with van der Waals surface area (Å²) in [4.78, 5) is 2.98. The molecule has 0 unspecified atom stereocenters. The minimum absolute atomic E-state index is 0.0402. The summed E-state index contributed by atoms with van der Waals surface area (Å²) in [6.45, 7) is 11.1. The second-order valence-corrected chi connectivity index (χ2v) is 11.6. The molecule has 0 aliphatic heterocycles. The van der Waals surface area contributed by atoms with Crippen LogP contribution in [0.25, 0.3) is 10.4 Å². The van der Waals surface area contributed by atoms with Crippen molar-refractivity contribution in [1.82, 2.24) is 0 Å². The fourth-order valence-corrected chi connectivity index (χ4v) is 3.56. The quantitative estimate of drug-likeness (QED) is 0.335. The van der Waals surface area contributed by atoms with Gasteiger partial charge in [0.05, 0.1) is 18.2 Å². The monoisotopic (exact) mass is 285 g/mol. The molecule has 0 heterocycles. The summed E-state index contributed by atoms with van der Waals surface area (Å²) < 4.78 is 12.0. The molecule has 0 aromatic rings. The van der Waals surface area contributed by atoms with Crippen molar-refractivity contribution < 1.29 is 9.16 Å². The molecular formula is C13H27N3O2Si. The molecule has 1 saturated carbocycles. The largest absolute Gasteiger partial charge is 0.411 e. The van der Waals surface area contributed by atoms with Gasteiger partial charge >= 0.3 is 0 Å². The fourth-order valence-electron chi connectivity index (χ4n) is 2.22. The van der Waals surface area contributed by atoms with Crippen LogP contribution in [0.15, 0.2) is 5.11 Å². The molecule has 6 heteroatoms. The molecular weight excluding hydrogens is 258 g/mol. The van der Waals surface area contributed by atoms with Gasteiger partial charge in [-0.1, -0.05) is 32.3 Å². The summed E-state index contributed by atoms with van der Waals surface area (Å²) in [6.07, 6.45) is 2.84. The standard InChI is InChI=1S/C13H27N3O2Si/c1-13(2,3)19(5,6)18-12-10(15-16-14)8-7-9-11(12)17-4/h10-12H,7-9H2,1-6H3/t10-,11+,12+/m0/s1. The third-order valence-corrected chi connectivity index (χ3v) is 8.95. The zero-order chi connectivity index (χ0) is 14.7. The second kappa shape index (κ2) is 6.26. The van der Waals surface area contributed by atoms with E-state index in [4.69, 9.17) is 14.7 Å². The van der Waals surface area contributed by atoms with Crippen molar-refractivity contribution in [2.24, 2.45) is 5.11 Å². The van der Waals surface area contributed by atoms with E-state index in [-0.39, 0.29) is 23.3 Å². The molecule has 19 heavy (non-hydrogen) atoms. The highest BCUT2D eigenvalue weighted by Crippen LogP contribution is 2.40. The zero-order valence-corrected chi connectivity index (χ0v) is 14.0. The number of hydrogen-bond donors (Lipinski definition) is 0. The Morgan fingerprint density at radius 1 is 1.26 bits per heavy atom. The van der Waals surface area contributed by atoms with Crippen molar-refractivity contribution in [3.63, 3.8) is 0 Å². The maximum Gasteiger partial charge on any atom is 0.192 e. The Morgan fingerprint density at radius 3 is 2.37 bits per heavy atom. The van der Waals surface area contributed by atoms with E-state index in [1.807, 2.05) is 0 Å². The molecule has 1 fully saturated rings. The molecule has 1 rings (SSSR count). The predicted molar refractivity (Wildman–Crippen MR) is 79.7 cm³/mol. The van der Waals surface area contributed by atoms with Crippen LogP contribution in [0.4, 0.5) is 0 Å². The number of nitrogens with zero attached hydrogens (tertiary/aromatic N) is 3. The molecule has 110 valence electrons. The van der Waals surface area contributed by atoms with Gasteiger partial charge in [-0.2, -0.15) is 0 Å². The molecule has 1 aliphatic carbocycles. The van der Waals surface area contributed by atoms with Gasteiger partial charge in [0.1, 0.15) is 0 Å². The van der Waals surface area contributed by atoms with E-state index in [1.165, 1.54) is 0 Å². The van der Waals surface area contributed by atoms with E-state index in [2.05, 4.69) is 43.9 Å². The van der Waals surface area contributed by atoms with Gasteiger partial charge < -0.3 is 9.16 Å². The maximum atomic E-state index is 8.73. The first-order valence-electron chi connectivity index (χ1n) is 6.98. The van der Waals surface area contributed by atoms with Gasteiger partial charge in [-0.15, -0.1) is 0 Å². The van der Waals surface area contributed by atoms with Crippen LogP contribution >= 0.6 is 0 Å². The van der Waals surface area contributed by atoms with E-state index >= 15 is 0 Å². The SMILES string of the molecule is CO[C@@H]1CCC[C@H](N=[N+]=[N-])[C@H]1O[Si](C)(C)C(C)(C)C. The molecule has 5 nitrogen and oxygen atoms in total. The molecule has 0 saturated heterocycles. The Labute approximate surface area is 117 Å². The third kappa shape index (κ3) is 3.95. The van der Waals surface area contributed by atoms with Gasteiger partial charge in [0, 0.05) is 12.0 Å². The van der Waals surface area contributed by atoms with Gasteiger partial charge in [0.2, 0.25) is 0 Å². The number of ether oxygens (including phenoxy) is 1. The lowest BCUT2D eigenvalue weighted by atomic mass is 9.90. The van der Waals surface area contributed by atoms with Crippen molar-refractivity contribution in [3.8, 4) is 0 Å². The first-order chi connectivity index (χ1) is 8.73. The van der Waals surface area contributed by atoms with Crippen molar-refractivity contribution in [2.75, 3.05) is 7.11 Å². The lowest BCUT2D eigenvalue weighted by Crippen LogP contribution is -2.52. The van der Waals surface area contributed by atoms with E-state index in [9.17, 15) is 0 Å². The molecule has 0 aromatic carbocycles. The van der Waals surface area contributed by atoms with Crippen molar-refractivity contribution in [1.29, 1.82) is 0 Å². The summed E-state index contributed by atoms with van der Waals surface area (Å²) in [5, 5.41) is 4.07. The lowest BCUT2D eigenvalue weighted by molar-refractivity contribution is -0.0386. The Morgan fingerprint density at radius 2 is 1.89 bits per heavy atom. The molecule has 0 spiro atoms. The van der Waals surface area contributed by atoms with E-state index in [0.717, 1.165) is 19.3 Å². The summed E-state index contributed by atoms with van der Waals surface area (Å²) >= 11 is 0. The summed E-state index contributed by atoms with van der Waals surface area (Å²) in [5.74, 6) is 0. The van der Waals surface area contributed by atoms with E-state index in [1.54, 1.807) is 7.11 Å². The predicted octanol–water partition coefficient (Wildman–Crippen LogP) is 4.25. The Kier molecular flexibility index (Phi) is 5.44. The molecule has 0 N–H and O–H groups in total. The van der Waals surface area contributed by atoms with Gasteiger partial charge in [-0.05, 0) is 36.5 Å². The number of rotatable bonds is 4. The Hall–Kier alpha value is -0.553. The van der Waals surface area contributed by atoms with Crippen LogP contribution < -0.4 is 0 Å². The smallest absolute Gasteiger partial charge is 0.192 e. The van der Waals surface area contributed by atoms with Crippen LogP contribution in [-0.4, -0.2) is 33.7 Å². The minimum atomic E-state index is -1.88. The maximum absolute atomic E-state index is 8.73. The molecule has 1 aliphatic rings. The fraction of sp³-hybridized carbons (Fsp3) is 1.00. The lowest BCUT2D eigenvalue weighted by Gasteiger charge is -2.44. The van der Waals surface area contributed by atoms with Crippen LogP contribution in [0.1, 0.15) is 40.0 Å². The second-order valence-electron chi connectivity index (χ2n) is 6.82. The number of hydrogen-bond acceptors (Lipinski definition) is 3. The first-order valence-corrected chi connectivity index (χ1v) is 9.88. The topological polar surface area (TPSA) is 67.2 Å². The molecule has 0 aromatic heterocycles. The normalized spacial score (nSPS) is 28.8. The van der Waals surface area contributed by atoms with Crippen molar-refractivity contribution >= 4 is 8.32 Å². The van der Waals surface area contributed by atoms with Crippen LogP contribution in [0, 0.1) is 0 Å². The average Bonchev–Trinajstić information content (AvgIpc) is 2.30. The Balaban J connectivity index is 2.93. The van der Waals surface area contributed by atoms with Crippen LogP contribution in [0.2, 0.25) is 18.1 Å². The van der Waals surface area contributed by atoms with Crippen LogP contribution in [0.5, 0.6) is 0 Å². The third-order valence-electron chi connectivity index (χ3n) is 4.47. The molecule has 0 amide bonds. The first kappa shape index (κ1) is 16.5. The molecule has 0 bridgehead atoms. The minimum Gasteiger partial charge on any atom is -0.411 e. The van der Waals surface area contributed by atoms with E-state index in [0.29, 0.717) is 0 Å². The summed E-state index contributed by atoms with van der Waals surface area (Å²) in [5.41, 5.74) is 8.73. The highest BCUT2D eigenvalue weighted by Gasteiger charge is 2.44. The average molecular weight is 285 g/mol. The number of azide groups is 1. The van der Waals surface area contributed by atoms with Crippen LogP contribution in [-0.2, 0) is 9.16 Å². The van der Waals surface area contributed by atoms with Gasteiger partial charge in [-0.25, -0.2) is 0 Å². The highest BCUT2D eigenvalue weighted by molar-refractivity contribution is 6.74. The van der Waals surface area contributed by atoms with Gasteiger partial charge in [0.15, 0.2) is 8.32 Å². The van der Waals surface area contributed by atoms with Crippen LogP contribution in [0.3, 0.4) is 0 Å². The van der Waals surface area contributed by atoms with Crippen molar-refractivity contribution in [3.05, 3.63) is 10.4 Å². The van der Waals surface area contributed by atoms with Gasteiger partial charge in [0.25, 0.3) is 0 Å². The molecule has 0 radical (unpaired) electrons. The van der Waals surface area contributed by atoms with Gasteiger partial charge in [-0.3, -0.25) is 0 Å².